The summed E-state index contributed by atoms with van der Waals surface area (Å²) in [7, 11) is 1.78. The Morgan fingerprint density at radius 1 is 1.26 bits per heavy atom. The van der Waals surface area contributed by atoms with Crippen LogP contribution in [0.25, 0.3) is 16.0 Å². The molecule has 0 aliphatic rings. The molecule has 0 amide bonds. The molecule has 0 unspecified atom stereocenters. The minimum absolute atomic E-state index is 0.246. The van der Waals surface area contributed by atoms with Crippen molar-refractivity contribution < 1.29 is 4.39 Å². The van der Waals surface area contributed by atoms with Gasteiger partial charge in [0, 0.05) is 30.2 Å². The Morgan fingerprint density at radius 2 is 2.00 bits per heavy atom. The summed E-state index contributed by atoms with van der Waals surface area (Å²) in [5, 5.41) is 4.90. The van der Waals surface area contributed by atoms with Crippen LogP contribution in [0.15, 0.2) is 35.3 Å². The van der Waals surface area contributed by atoms with Crippen LogP contribution in [0.3, 0.4) is 0 Å². The van der Waals surface area contributed by atoms with Gasteiger partial charge in [-0.15, -0.1) is 11.3 Å². The Labute approximate surface area is 134 Å². The maximum Gasteiger partial charge on any atom is 0.285 e. The highest BCUT2D eigenvalue weighted by atomic mass is 32.1. The van der Waals surface area contributed by atoms with Crippen LogP contribution in [0.1, 0.15) is 16.1 Å². The largest absolute Gasteiger partial charge is 0.285 e. The fourth-order valence-corrected chi connectivity index (χ4v) is 3.85. The number of thiazole rings is 1. The summed E-state index contributed by atoms with van der Waals surface area (Å²) >= 11 is 1.47. The van der Waals surface area contributed by atoms with Gasteiger partial charge in [-0.2, -0.15) is 10.1 Å². The van der Waals surface area contributed by atoms with Crippen molar-refractivity contribution in [1.29, 1.82) is 0 Å². The highest BCUT2D eigenvalue weighted by Gasteiger charge is 2.16. The van der Waals surface area contributed by atoms with Gasteiger partial charge in [-0.3, -0.25) is 13.9 Å². The van der Waals surface area contributed by atoms with Gasteiger partial charge in [0.2, 0.25) is 0 Å². The molecule has 0 radical (unpaired) electrons. The standard InChI is InChI=1S/C16H13FN4OS/c1-9-13(7-10-3-5-11(17)6-4-10)23-16-18-15(22)12-8-20(2)19-14(12)21(9)16/h3-6,8H,7H2,1-2H3. The van der Waals surface area contributed by atoms with Gasteiger partial charge in [0.25, 0.3) is 5.56 Å². The lowest BCUT2D eigenvalue weighted by molar-refractivity contribution is 0.627. The van der Waals surface area contributed by atoms with E-state index in [4.69, 9.17) is 0 Å². The maximum absolute atomic E-state index is 13.0. The van der Waals surface area contributed by atoms with Gasteiger partial charge in [0.1, 0.15) is 11.2 Å². The monoisotopic (exact) mass is 328 g/mol. The van der Waals surface area contributed by atoms with Crippen LogP contribution in [0.5, 0.6) is 0 Å². The summed E-state index contributed by atoms with van der Waals surface area (Å²) in [6.45, 7) is 1.99. The Hall–Kier alpha value is -2.54. The summed E-state index contributed by atoms with van der Waals surface area (Å²) in [5.41, 5.74) is 2.39. The summed E-state index contributed by atoms with van der Waals surface area (Å²) in [4.78, 5) is 18.0. The molecular formula is C16H13FN4OS. The predicted molar refractivity (Wildman–Crippen MR) is 87.6 cm³/mol. The molecule has 0 N–H and O–H groups in total. The second kappa shape index (κ2) is 4.99. The van der Waals surface area contributed by atoms with E-state index in [0.717, 1.165) is 16.1 Å². The van der Waals surface area contributed by atoms with Crippen LogP contribution in [0, 0.1) is 12.7 Å². The molecule has 5 nitrogen and oxygen atoms in total. The van der Waals surface area contributed by atoms with E-state index in [1.54, 1.807) is 30.1 Å². The van der Waals surface area contributed by atoms with Crippen molar-refractivity contribution >= 4 is 27.3 Å². The van der Waals surface area contributed by atoms with Crippen LogP contribution in [0.4, 0.5) is 4.39 Å². The molecule has 0 aliphatic heterocycles. The van der Waals surface area contributed by atoms with Crippen molar-refractivity contribution in [1.82, 2.24) is 19.2 Å². The second-order valence-corrected chi connectivity index (χ2v) is 6.55. The molecule has 0 aliphatic carbocycles. The number of rotatable bonds is 2. The average molecular weight is 328 g/mol. The van der Waals surface area contributed by atoms with Crippen molar-refractivity contribution in [2.24, 2.45) is 7.05 Å². The molecule has 0 atom stereocenters. The Kier molecular flexibility index (Phi) is 3.05. The highest BCUT2D eigenvalue weighted by Crippen LogP contribution is 2.26. The third-order valence-corrected chi connectivity index (χ3v) is 5.01. The normalized spacial score (nSPS) is 11.6. The van der Waals surface area contributed by atoms with Gasteiger partial charge in [0.15, 0.2) is 10.6 Å². The zero-order valence-electron chi connectivity index (χ0n) is 12.6. The molecular weight excluding hydrogens is 315 g/mol. The zero-order chi connectivity index (χ0) is 16.1. The van der Waals surface area contributed by atoms with E-state index in [2.05, 4.69) is 10.1 Å². The van der Waals surface area contributed by atoms with E-state index in [1.807, 2.05) is 11.3 Å². The fraction of sp³-hybridized carbons (Fsp3) is 0.188. The number of benzene rings is 1. The van der Waals surface area contributed by atoms with E-state index in [9.17, 15) is 9.18 Å². The third kappa shape index (κ3) is 2.24. The van der Waals surface area contributed by atoms with Gasteiger partial charge in [-0.1, -0.05) is 12.1 Å². The van der Waals surface area contributed by atoms with Crippen LogP contribution < -0.4 is 5.56 Å². The molecule has 3 heterocycles. The zero-order valence-corrected chi connectivity index (χ0v) is 13.4. The van der Waals surface area contributed by atoms with E-state index < -0.39 is 0 Å². The molecule has 0 saturated heterocycles. The minimum atomic E-state index is -0.261. The Balaban J connectivity index is 1.92. The number of nitrogens with zero attached hydrogens (tertiary/aromatic N) is 4. The lowest BCUT2D eigenvalue weighted by Crippen LogP contribution is -2.08. The number of aryl methyl sites for hydroxylation is 2. The SMILES string of the molecule is Cc1c(Cc2ccc(F)cc2)sc2nc(=O)c3cn(C)nc3n12. The van der Waals surface area contributed by atoms with Crippen molar-refractivity contribution in [3.05, 3.63) is 62.8 Å². The molecule has 23 heavy (non-hydrogen) atoms. The molecule has 0 spiro atoms. The van der Waals surface area contributed by atoms with Crippen LogP contribution >= 0.6 is 11.3 Å². The van der Waals surface area contributed by atoms with Crippen LogP contribution in [-0.2, 0) is 13.5 Å². The summed E-state index contributed by atoms with van der Waals surface area (Å²) < 4.78 is 16.6. The molecule has 0 bridgehead atoms. The molecule has 4 rings (SSSR count). The lowest BCUT2D eigenvalue weighted by atomic mass is 10.1. The first-order valence-electron chi connectivity index (χ1n) is 7.12. The first-order valence-corrected chi connectivity index (χ1v) is 7.93. The third-order valence-electron chi connectivity index (χ3n) is 3.87. The number of halogens is 1. The molecule has 0 fully saturated rings. The minimum Gasteiger partial charge on any atom is -0.273 e. The molecule has 4 aromatic rings. The van der Waals surface area contributed by atoms with Gasteiger partial charge in [-0.05, 0) is 24.6 Å². The van der Waals surface area contributed by atoms with Crippen molar-refractivity contribution in [3.8, 4) is 0 Å². The molecule has 3 aromatic heterocycles. The fourth-order valence-electron chi connectivity index (χ4n) is 2.71. The number of hydrogen-bond donors (Lipinski definition) is 0. The van der Waals surface area contributed by atoms with E-state index in [-0.39, 0.29) is 11.4 Å². The first kappa shape index (κ1) is 14.1. The topological polar surface area (TPSA) is 52.2 Å². The van der Waals surface area contributed by atoms with Crippen molar-refractivity contribution in [2.75, 3.05) is 0 Å². The Morgan fingerprint density at radius 3 is 2.74 bits per heavy atom. The van der Waals surface area contributed by atoms with Gasteiger partial charge >= 0.3 is 0 Å². The smallest absolute Gasteiger partial charge is 0.273 e. The molecule has 7 heteroatoms. The number of fused-ring (bicyclic) bond motifs is 3. The van der Waals surface area contributed by atoms with Crippen LogP contribution in [-0.4, -0.2) is 19.2 Å². The van der Waals surface area contributed by atoms with E-state index in [0.29, 0.717) is 22.4 Å². The average Bonchev–Trinajstić information content (AvgIpc) is 3.03. The summed E-state index contributed by atoms with van der Waals surface area (Å²) in [6, 6.07) is 6.45. The summed E-state index contributed by atoms with van der Waals surface area (Å²) in [5.74, 6) is -0.246. The Bertz CT molecular complexity index is 1090. The number of aromatic nitrogens is 4. The van der Waals surface area contributed by atoms with E-state index >= 15 is 0 Å². The van der Waals surface area contributed by atoms with Gasteiger partial charge < -0.3 is 0 Å². The van der Waals surface area contributed by atoms with Crippen molar-refractivity contribution in [2.45, 2.75) is 13.3 Å². The maximum atomic E-state index is 13.0. The second-order valence-electron chi connectivity index (χ2n) is 5.49. The quantitative estimate of drug-likeness (QED) is 0.568. The van der Waals surface area contributed by atoms with Gasteiger partial charge in [-0.25, -0.2) is 4.39 Å². The molecule has 0 saturated carbocycles. The van der Waals surface area contributed by atoms with E-state index in [1.165, 1.54) is 23.5 Å². The predicted octanol–water partition coefficient (Wildman–Crippen LogP) is 2.68. The van der Waals surface area contributed by atoms with Crippen LogP contribution in [0.2, 0.25) is 0 Å². The molecule has 1 aromatic carbocycles. The summed E-state index contributed by atoms with van der Waals surface area (Å²) in [6.07, 6.45) is 2.36. The first-order chi connectivity index (χ1) is 11.0. The van der Waals surface area contributed by atoms with Crippen molar-refractivity contribution in [3.63, 3.8) is 0 Å². The van der Waals surface area contributed by atoms with Gasteiger partial charge in [0.05, 0.1) is 0 Å². The highest BCUT2D eigenvalue weighted by molar-refractivity contribution is 7.17. The lowest BCUT2D eigenvalue weighted by Gasteiger charge is -2.01. The molecule has 116 valence electrons. The number of hydrogen-bond acceptors (Lipinski definition) is 4.